The maximum atomic E-state index is 12.8. The number of amides is 1. The number of methoxy groups -OCH3 is 1. The molecule has 0 saturated carbocycles. The predicted octanol–water partition coefficient (Wildman–Crippen LogP) is 2.79. The summed E-state index contributed by atoms with van der Waals surface area (Å²) in [4.78, 5) is 40.2. The number of fused-ring (bicyclic) bond motifs is 1. The number of para-hydroxylation sites is 2. The maximum Gasteiger partial charge on any atom is 0.294 e. The number of ether oxygens (including phenoxy) is 1. The molecule has 0 fully saturated rings. The molecule has 0 aliphatic heterocycles. The minimum Gasteiger partial charge on any atom is -0.495 e. The predicted molar refractivity (Wildman–Crippen MR) is 116 cm³/mol. The van der Waals surface area contributed by atoms with Gasteiger partial charge < -0.3 is 10.1 Å². The summed E-state index contributed by atoms with van der Waals surface area (Å²) in [6.45, 7) is -0.303. The Morgan fingerprint density at radius 3 is 2.78 bits per heavy atom. The molecule has 162 valence electrons. The average Bonchev–Trinajstić information content (AvgIpc) is 3.20. The van der Waals surface area contributed by atoms with Crippen LogP contribution in [0.5, 0.6) is 5.75 Å². The Kier molecular flexibility index (Phi) is 5.56. The fourth-order valence-electron chi connectivity index (χ4n) is 3.13. The Balaban J connectivity index is 1.61. The van der Waals surface area contributed by atoms with Gasteiger partial charge in [0.1, 0.15) is 29.7 Å². The molecular weight excluding hydrogens is 440 g/mol. The number of nitrogens with zero attached hydrogens (tertiary/aromatic N) is 5. The molecule has 0 aliphatic rings. The van der Waals surface area contributed by atoms with Crippen molar-refractivity contribution in [1.82, 2.24) is 19.3 Å². The Labute approximate surface area is 185 Å². The molecule has 0 unspecified atom stereocenters. The van der Waals surface area contributed by atoms with Crippen LogP contribution in [0.1, 0.15) is 0 Å². The van der Waals surface area contributed by atoms with E-state index < -0.39 is 16.4 Å². The maximum absolute atomic E-state index is 12.8. The van der Waals surface area contributed by atoms with E-state index in [1.807, 2.05) is 0 Å². The Morgan fingerprint density at radius 2 is 2.06 bits per heavy atom. The van der Waals surface area contributed by atoms with Crippen LogP contribution in [0.3, 0.4) is 0 Å². The zero-order valence-electron chi connectivity index (χ0n) is 16.6. The highest BCUT2D eigenvalue weighted by atomic mass is 35.5. The lowest BCUT2D eigenvalue weighted by atomic mass is 10.2. The normalized spacial score (nSPS) is 10.8. The summed E-state index contributed by atoms with van der Waals surface area (Å²) in [7, 11) is 1.48. The van der Waals surface area contributed by atoms with Crippen LogP contribution in [-0.4, -0.2) is 37.3 Å². The van der Waals surface area contributed by atoms with Gasteiger partial charge >= 0.3 is 0 Å². The summed E-state index contributed by atoms with van der Waals surface area (Å²) in [5, 5.41) is 18.5. The monoisotopic (exact) mass is 454 g/mol. The number of halogens is 1. The van der Waals surface area contributed by atoms with E-state index in [0.29, 0.717) is 16.5 Å². The summed E-state index contributed by atoms with van der Waals surface area (Å²) < 4.78 is 7.41. The molecule has 0 atom stereocenters. The summed E-state index contributed by atoms with van der Waals surface area (Å²) in [6, 6.07) is 10.7. The van der Waals surface area contributed by atoms with Gasteiger partial charge in [0, 0.05) is 11.8 Å². The van der Waals surface area contributed by atoms with E-state index in [1.165, 1.54) is 48.6 Å². The Morgan fingerprint density at radius 1 is 1.28 bits per heavy atom. The van der Waals surface area contributed by atoms with Gasteiger partial charge in [-0.3, -0.25) is 24.3 Å². The van der Waals surface area contributed by atoms with Gasteiger partial charge in [-0.05, 0) is 24.3 Å². The molecule has 12 heteroatoms. The molecule has 2 aromatic heterocycles. The van der Waals surface area contributed by atoms with Crippen molar-refractivity contribution in [2.24, 2.45) is 0 Å². The average molecular weight is 455 g/mol. The van der Waals surface area contributed by atoms with Crippen LogP contribution in [0, 0.1) is 10.1 Å². The van der Waals surface area contributed by atoms with Crippen molar-refractivity contribution in [2.75, 3.05) is 12.4 Å². The summed E-state index contributed by atoms with van der Waals surface area (Å²) in [5.74, 6) is -0.00762. The van der Waals surface area contributed by atoms with Gasteiger partial charge in [0.15, 0.2) is 5.65 Å². The second-order valence-corrected chi connectivity index (χ2v) is 7.02. The van der Waals surface area contributed by atoms with Crippen molar-refractivity contribution in [3.63, 3.8) is 0 Å². The number of hydrogen-bond acceptors (Lipinski definition) is 7. The van der Waals surface area contributed by atoms with Gasteiger partial charge in [-0.2, -0.15) is 5.10 Å². The van der Waals surface area contributed by atoms with E-state index in [0.717, 1.165) is 4.57 Å². The molecule has 2 aromatic carbocycles. The highest BCUT2D eigenvalue weighted by molar-refractivity contribution is 6.32. The Hall–Kier alpha value is -4.25. The van der Waals surface area contributed by atoms with E-state index in [4.69, 9.17) is 16.3 Å². The van der Waals surface area contributed by atoms with Crippen molar-refractivity contribution in [2.45, 2.75) is 6.54 Å². The first-order valence-electron chi connectivity index (χ1n) is 9.19. The van der Waals surface area contributed by atoms with Crippen molar-refractivity contribution >= 4 is 39.9 Å². The summed E-state index contributed by atoms with van der Waals surface area (Å²) in [6.07, 6.45) is 2.46. The van der Waals surface area contributed by atoms with Gasteiger partial charge in [-0.1, -0.05) is 23.7 Å². The molecule has 0 spiro atoms. The van der Waals surface area contributed by atoms with Gasteiger partial charge in [0.2, 0.25) is 5.91 Å². The van der Waals surface area contributed by atoms with Gasteiger partial charge in [-0.15, -0.1) is 0 Å². The van der Waals surface area contributed by atoms with E-state index in [1.54, 1.807) is 18.2 Å². The molecule has 4 rings (SSSR count). The van der Waals surface area contributed by atoms with Crippen LogP contribution in [-0.2, 0) is 11.3 Å². The summed E-state index contributed by atoms with van der Waals surface area (Å²) >= 11 is 6.05. The molecule has 32 heavy (non-hydrogen) atoms. The molecule has 0 bridgehead atoms. The Bertz CT molecular complexity index is 1410. The van der Waals surface area contributed by atoms with E-state index in [9.17, 15) is 19.7 Å². The van der Waals surface area contributed by atoms with Crippen LogP contribution < -0.4 is 15.6 Å². The summed E-state index contributed by atoms with van der Waals surface area (Å²) in [5.41, 5.74) is 0.0602. The number of nitrogens with one attached hydrogen (secondary N) is 1. The molecule has 1 amide bonds. The first-order chi connectivity index (χ1) is 15.4. The number of carbonyl (C=O) groups excluding carboxylic acids is 1. The third-order valence-electron chi connectivity index (χ3n) is 4.61. The lowest BCUT2D eigenvalue weighted by Crippen LogP contribution is -2.27. The highest BCUT2D eigenvalue weighted by Crippen LogP contribution is 2.27. The molecule has 0 aliphatic carbocycles. The number of nitro groups is 1. The molecular formula is C20H15ClN6O5. The molecule has 0 saturated heterocycles. The third kappa shape index (κ3) is 3.88. The first kappa shape index (κ1) is 21.0. The van der Waals surface area contributed by atoms with E-state index in [2.05, 4.69) is 15.4 Å². The van der Waals surface area contributed by atoms with Crippen LogP contribution in [0.15, 0.2) is 59.8 Å². The smallest absolute Gasteiger partial charge is 0.294 e. The van der Waals surface area contributed by atoms with Crippen molar-refractivity contribution < 1.29 is 14.5 Å². The van der Waals surface area contributed by atoms with Crippen LogP contribution >= 0.6 is 11.6 Å². The molecule has 1 N–H and O–H groups in total. The fourth-order valence-corrected chi connectivity index (χ4v) is 3.39. The SMILES string of the molecule is COc1ccc(NC(=O)Cn2cnc3c(cnn3-c3ccccc3[N+](=O)[O-])c2=O)cc1Cl. The zero-order valence-corrected chi connectivity index (χ0v) is 17.3. The van der Waals surface area contributed by atoms with E-state index in [-0.39, 0.29) is 29.0 Å². The number of rotatable bonds is 6. The zero-order chi connectivity index (χ0) is 22.8. The second-order valence-electron chi connectivity index (χ2n) is 6.61. The number of aromatic nitrogens is 4. The van der Waals surface area contributed by atoms with E-state index >= 15 is 0 Å². The molecule has 0 radical (unpaired) electrons. The number of carbonyl (C=O) groups is 1. The molecule has 2 heterocycles. The van der Waals surface area contributed by atoms with Crippen molar-refractivity contribution in [3.8, 4) is 11.4 Å². The number of hydrogen-bond donors (Lipinski definition) is 1. The minimum absolute atomic E-state index is 0.117. The van der Waals surface area contributed by atoms with Gasteiger partial charge in [0.25, 0.3) is 11.2 Å². The largest absolute Gasteiger partial charge is 0.495 e. The third-order valence-corrected chi connectivity index (χ3v) is 4.91. The van der Waals surface area contributed by atoms with Gasteiger partial charge in [-0.25, -0.2) is 9.67 Å². The fraction of sp³-hybridized carbons (Fsp3) is 0.100. The second kappa shape index (κ2) is 8.47. The number of anilines is 1. The highest BCUT2D eigenvalue weighted by Gasteiger charge is 2.19. The lowest BCUT2D eigenvalue weighted by molar-refractivity contribution is -0.384. The lowest BCUT2D eigenvalue weighted by Gasteiger charge is -2.09. The van der Waals surface area contributed by atoms with Crippen molar-refractivity contribution in [3.05, 3.63) is 80.5 Å². The topological polar surface area (TPSA) is 134 Å². The molecule has 11 nitrogen and oxygen atoms in total. The number of benzene rings is 2. The van der Waals surface area contributed by atoms with Crippen LogP contribution in [0.25, 0.3) is 16.7 Å². The van der Waals surface area contributed by atoms with Crippen molar-refractivity contribution in [1.29, 1.82) is 0 Å². The van der Waals surface area contributed by atoms with Crippen LogP contribution in [0.2, 0.25) is 5.02 Å². The molecule has 4 aromatic rings. The standard InChI is InChI=1S/C20H15ClN6O5/c1-32-17-7-6-12(8-14(17)21)24-18(28)10-25-11-22-19-13(20(25)29)9-23-26(19)15-4-2-3-5-16(15)27(30)31/h2-9,11H,10H2,1H3,(H,24,28). The van der Waals surface area contributed by atoms with Gasteiger partial charge in [0.05, 0.1) is 23.3 Å². The first-order valence-corrected chi connectivity index (χ1v) is 9.57. The number of nitro benzene ring substituents is 1. The van der Waals surface area contributed by atoms with Crippen LogP contribution in [0.4, 0.5) is 11.4 Å². The quantitative estimate of drug-likeness (QED) is 0.349. The minimum atomic E-state index is -0.542.